The number of nitrogen functional groups attached to an aromatic ring is 1. The van der Waals surface area contributed by atoms with Gasteiger partial charge in [0.15, 0.2) is 0 Å². The molecule has 6 heteroatoms. The first-order valence-electron chi connectivity index (χ1n) is 6.83. The smallest absolute Gasteiger partial charge is 0.319 e. The topological polar surface area (TPSA) is 96.2 Å². The first kappa shape index (κ1) is 14.2. The number of benzene rings is 1. The molecule has 108 valence electrons. The van der Waals surface area contributed by atoms with E-state index in [-0.39, 0.29) is 11.9 Å². The van der Waals surface area contributed by atoms with Crippen LogP contribution in [0.4, 0.5) is 16.2 Å². The van der Waals surface area contributed by atoms with Crippen LogP contribution in [0.2, 0.25) is 0 Å². The summed E-state index contributed by atoms with van der Waals surface area (Å²) in [5, 5.41) is 8.29. The highest BCUT2D eigenvalue weighted by atomic mass is 16.2. The zero-order valence-electron chi connectivity index (χ0n) is 11.3. The largest absolute Gasteiger partial charge is 0.399 e. The average molecular weight is 276 g/mol. The molecule has 1 aromatic rings. The molecular formula is C14H20N4O2. The van der Waals surface area contributed by atoms with E-state index in [2.05, 4.69) is 16.0 Å². The molecule has 3 amide bonds. The van der Waals surface area contributed by atoms with Crippen LogP contribution in [0.25, 0.3) is 0 Å². The fourth-order valence-electron chi connectivity index (χ4n) is 1.77. The summed E-state index contributed by atoms with van der Waals surface area (Å²) in [4.78, 5) is 23.0. The fourth-order valence-corrected chi connectivity index (χ4v) is 1.77. The molecule has 1 aliphatic carbocycles. The molecule has 0 aromatic heterocycles. The van der Waals surface area contributed by atoms with Gasteiger partial charge in [-0.05, 0) is 37.5 Å². The quantitative estimate of drug-likeness (QED) is 0.467. The molecule has 0 radical (unpaired) electrons. The molecule has 0 unspecified atom stereocenters. The number of amides is 3. The van der Waals surface area contributed by atoms with Crippen LogP contribution in [0.5, 0.6) is 0 Å². The zero-order valence-corrected chi connectivity index (χ0v) is 11.3. The summed E-state index contributed by atoms with van der Waals surface area (Å²) < 4.78 is 0. The zero-order chi connectivity index (χ0) is 14.4. The third-order valence-electron chi connectivity index (χ3n) is 2.95. The van der Waals surface area contributed by atoms with Crippen molar-refractivity contribution in [3.05, 3.63) is 24.3 Å². The molecule has 6 nitrogen and oxygen atoms in total. The molecule has 5 N–H and O–H groups in total. The number of nitrogens with two attached hydrogens (primary N) is 1. The Morgan fingerprint density at radius 1 is 1.30 bits per heavy atom. The molecule has 0 spiro atoms. The minimum absolute atomic E-state index is 0.0607. The normalized spacial score (nSPS) is 13.6. The second kappa shape index (κ2) is 6.79. The maximum absolute atomic E-state index is 11.6. The summed E-state index contributed by atoms with van der Waals surface area (Å²) in [6.07, 6.45) is 3.25. The Bertz CT molecular complexity index is 486. The lowest BCUT2D eigenvalue weighted by Crippen LogP contribution is -2.31. The van der Waals surface area contributed by atoms with E-state index in [1.165, 1.54) is 0 Å². The second-order valence-electron chi connectivity index (χ2n) is 4.95. The standard InChI is InChI=1S/C14H20N4O2/c15-10-3-1-4-12(9-10)18-14(20)16-8-2-5-13(19)17-11-6-7-11/h1,3-4,9,11H,2,5-8,15H2,(H,17,19)(H2,16,18,20). The van der Waals surface area contributed by atoms with Gasteiger partial charge < -0.3 is 21.7 Å². The third kappa shape index (κ3) is 5.17. The maximum Gasteiger partial charge on any atom is 0.319 e. The molecule has 1 saturated carbocycles. The van der Waals surface area contributed by atoms with Crippen LogP contribution in [-0.4, -0.2) is 24.5 Å². The van der Waals surface area contributed by atoms with Gasteiger partial charge in [-0.2, -0.15) is 0 Å². The van der Waals surface area contributed by atoms with Crippen LogP contribution >= 0.6 is 0 Å². The molecule has 20 heavy (non-hydrogen) atoms. The van der Waals surface area contributed by atoms with E-state index in [4.69, 9.17) is 5.73 Å². The van der Waals surface area contributed by atoms with Crippen molar-refractivity contribution >= 4 is 23.3 Å². The van der Waals surface area contributed by atoms with Crippen LogP contribution < -0.4 is 21.7 Å². The molecular weight excluding hydrogens is 256 g/mol. The average Bonchev–Trinajstić information content (AvgIpc) is 3.18. The van der Waals surface area contributed by atoms with Crippen molar-refractivity contribution in [2.75, 3.05) is 17.6 Å². The van der Waals surface area contributed by atoms with Crippen molar-refractivity contribution in [3.63, 3.8) is 0 Å². The van der Waals surface area contributed by atoms with Crippen LogP contribution in [0.3, 0.4) is 0 Å². The van der Waals surface area contributed by atoms with Crippen molar-refractivity contribution in [1.82, 2.24) is 10.6 Å². The minimum Gasteiger partial charge on any atom is -0.399 e. The lowest BCUT2D eigenvalue weighted by Gasteiger charge is -2.08. The van der Waals surface area contributed by atoms with Gasteiger partial charge in [-0.15, -0.1) is 0 Å². The van der Waals surface area contributed by atoms with E-state index in [9.17, 15) is 9.59 Å². The Hall–Kier alpha value is -2.24. The van der Waals surface area contributed by atoms with Gasteiger partial charge >= 0.3 is 6.03 Å². The van der Waals surface area contributed by atoms with Gasteiger partial charge in [-0.3, -0.25) is 4.79 Å². The first-order valence-corrected chi connectivity index (χ1v) is 6.83. The van der Waals surface area contributed by atoms with Gasteiger partial charge in [-0.25, -0.2) is 4.79 Å². The van der Waals surface area contributed by atoms with E-state index in [0.717, 1.165) is 12.8 Å². The maximum atomic E-state index is 11.6. The lowest BCUT2D eigenvalue weighted by atomic mass is 10.3. The van der Waals surface area contributed by atoms with Crippen molar-refractivity contribution in [1.29, 1.82) is 0 Å². The van der Waals surface area contributed by atoms with Crippen LogP contribution in [0.1, 0.15) is 25.7 Å². The van der Waals surface area contributed by atoms with Gasteiger partial charge in [-0.1, -0.05) is 6.07 Å². The van der Waals surface area contributed by atoms with E-state index in [0.29, 0.717) is 36.8 Å². The third-order valence-corrected chi connectivity index (χ3v) is 2.95. The Morgan fingerprint density at radius 2 is 2.10 bits per heavy atom. The number of carbonyl (C=O) groups is 2. The summed E-state index contributed by atoms with van der Waals surface area (Å²) in [6.45, 7) is 0.465. The Balaban J connectivity index is 1.58. The number of nitrogens with one attached hydrogen (secondary N) is 3. The van der Waals surface area contributed by atoms with Gasteiger partial charge in [0.05, 0.1) is 0 Å². The number of urea groups is 1. The molecule has 0 saturated heterocycles. The molecule has 1 aromatic carbocycles. The van der Waals surface area contributed by atoms with Crippen molar-refractivity contribution < 1.29 is 9.59 Å². The van der Waals surface area contributed by atoms with Gasteiger partial charge in [0.2, 0.25) is 5.91 Å². The highest BCUT2D eigenvalue weighted by molar-refractivity contribution is 5.89. The van der Waals surface area contributed by atoms with Crippen molar-refractivity contribution in [3.8, 4) is 0 Å². The van der Waals surface area contributed by atoms with Gasteiger partial charge in [0.1, 0.15) is 0 Å². The molecule has 0 aliphatic heterocycles. The van der Waals surface area contributed by atoms with Crippen LogP contribution in [0, 0.1) is 0 Å². The number of anilines is 2. The minimum atomic E-state index is -0.293. The number of carbonyl (C=O) groups excluding carboxylic acids is 2. The molecule has 2 rings (SSSR count). The summed E-state index contributed by atoms with van der Waals surface area (Å²) in [5.41, 5.74) is 6.86. The van der Waals surface area contributed by atoms with Gasteiger partial charge in [0, 0.05) is 30.4 Å². The predicted octanol–water partition coefficient (Wildman–Crippen LogP) is 1.45. The van der Waals surface area contributed by atoms with Crippen molar-refractivity contribution in [2.45, 2.75) is 31.7 Å². The van der Waals surface area contributed by atoms with Crippen molar-refractivity contribution in [2.24, 2.45) is 0 Å². The second-order valence-corrected chi connectivity index (χ2v) is 4.95. The van der Waals surface area contributed by atoms with Gasteiger partial charge in [0.25, 0.3) is 0 Å². The monoisotopic (exact) mass is 276 g/mol. The number of hydrogen-bond donors (Lipinski definition) is 4. The highest BCUT2D eigenvalue weighted by Gasteiger charge is 2.22. The van der Waals surface area contributed by atoms with E-state index in [1.807, 2.05) is 0 Å². The fraction of sp³-hybridized carbons (Fsp3) is 0.429. The molecule has 1 fully saturated rings. The SMILES string of the molecule is Nc1cccc(NC(=O)NCCCC(=O)NC2CC2)c1. The van der Waals surface area contributed by atoms with E-state index >= 15 is 0 Å². The predicted molar refractivity (Wildman–Crippen MR) is 78.3 cm³/mol. The lowest BCUT2D eigenvalue weighted by molar-refractivity contribution is -0.121. The highest BCUT2D eigenvalue weighted by Crippen LogP contribution is 2.18. The summed E-state index contributed by atoms with van der Waals surface area (Å²) in [6, 6.07) is 7.07. The van der Waals surface area contributed by atoms with E-state index in [1.54, 1.807) is 24.3 Å². The summed E-state index contributed by atoms with van der Waals surface area (Å²) >= 11 is 0. The van der Waals surface area contributed by atoms with Crippen LogP contribution in [-0.2, 0) is 4.79 Å². The first-order chi connectivity index (χ1) is 9.63. The summed E-state index contributed by atoms with van der Waals surface area (Å²) in [7, 11) is 0. The molecule has 0 bridgehead atoms. The number of hydrogen-bond acceptors (Lipinski definition) is 3. The van der Waals surface area contributed by atoms with E-state index < -0.39 is 0 Å². The molecule has 1 aliphatic rings. The summed E-state index contributed by atoms with van der Waals surface area (Å²) in [5.74, 6) is 0.0607. The number of rotatable bonds is 6. The Morgan fingerprint density at radius 3 is 2.80 bits per heavy atom. The Kier molecular flexibility index (Phi) is 4.81. The van der Waals surface area contributed by atoms with Crippen LogP contribution in [0.15, 0.2) is 24.3 Å². The Labute approximate surface area is 118 Å². The molecule has 0 atom stereocenters. The molecule has 0 heterocycles.